The Morgan fingerprint density at radius 1 is 1.30 bits per heavy atom. The van der Waals surface area contributed by atoms with Crippen LogP contribution in [0.3, 0.4) is 0 Å². The van der Waals surface area contributed by atoms with E-state index in [1.165, 1.54) is 12.3 Å². The van der Waals surface area contributed by atoms with E-state index < -0.39 is 16.8 Å². The van der Waals surface area contributed by atoms with E-state index in [2.05, 4.69) is 4.98 Å². The minimum atomic E-state index is -1.04. The summed E-state index contributed by atoms with van der Waals surface area (Å²) in [4.78, 5) is 28.2. The van der Waals surface area contributed by atoms with Crippen LogP contribution in [-0.2, 0) is 15.6 Å². The lowest BCUT2D eigenvalue weighted by Crippen LogP contribution is -2.42. The first-order chi connectivity index (χ1) is 9.56. The molecule has 0 spiro atoms. The normalized spacial score (nSPS) is 16.5. The zero-order valence-electron chi connectivity index (χ0n) is 10.7. The van der Waals surface area contributed by atoms with Crippen molar-refractivity contribution in [2.45, 2.75) is 0 Å². The van der Waals surface area contributed by atoms with E-state index in [1.54, 1.807) is 17.0 Å². The van der Waals surface area contributed by atoms with Crippen molar-refractivity contribution in [1.82, 2.24) is 9.88 Å². The molecule has 20 heavy (non-hydrogen) atoms. The van der Waals surface area contributed by atoms with Gasteiger partial charge in [0.2, 0.25) is 0 Å². The van der Waals surface area contributed by atoms with E-state index in [9.17, 15) is 13.8 Å². The molecule has 0 aromatic carbocycles. The van der Waals surface area contributed by atoms with Gasteiger partial charge in [-0.15, -0.1) is 0 Å². The first kappa shape index (κ1) is 14.4. The molecule has 2 rings (SSSR count). The number of pyridine rings is 1. The summed E-state index contributed by atoms with van der Waals surface area (Å²) >= 11 is 0. The summed E-state index contributed by atoms with van der Waals surface area (Å²) in [6.45, 7) is 0.960. The lowest BCUT2D eigenvalue weighted by atomic mass is 10.2. The van der Waals surface area contributed by atoms with Crippen LogP contribution in [-0.4, -0.2) is 55.7 Å². The summed E-state index contributed by atoms with van der Waals surface area (Å²) in [7, 11) is -0.824. The molecule has 1 aromatic heterocycles. The molecule has 0 unspecified atom stereocenters. The van der Waals surface area contributed by atoms with Gasteiger partial charge in [-0.05, 0) is 17.7 Å². The van der Waals surface area contributed by atoms with Crippen molar-refractivity contribution >= 4 is 28.8 Å². The Morgan fingerprint density at radius 2 is 2.00 bits per heavy atom. The van der Waals surface area contributed by atoms with Crippen LogP contribution < -0.4 is 0 Å². The molecule has 1 aliphatic heterocycles. The Labute approximate surface area is 118 Å². The summed E-state index contributed by atoms with van der Waals surface area (Å²) in [6, 6.07) is 3.21. The molecule has 2 heterocycles. The summed E-state index contributed by atoms with van der Waals surface area (Å²) in [5, 5.41) is 8.52. The number of carbonyl (C=O) groups excluding carboxylic acids is 1. The maximum atomic E-state index is 12.1. The molecule has 7 heteroatoms. The van der Waals surface area contributed by atoms with E-state index in [-0.39, 0.29) is 5.91 Å². The van der Waals surface area contributed by atoms with Crippen LogP contribution in [0.1, 0.15) is 16.1 Å². The zero-order chi connectivity index (χ0) is 14.5. The first-order valence-corrected chi connectivity index (χ1v) is 7.56. The largest absolute Gasteiger partial charge is 0.478 e. The molecule has 0 atom stereocenters. The third kappa shape index (κ3) is 3.74. The molecular formula is C13H14N2O4S. The quantitative estimate of drug-likeness (QED) is 0.815. The van der Waals surface area contributed by atoms with Gasteiger partial charge in [-0.1, -0.05) is 6.07 Å². The topological polar surface area (TPSA) is 87.6 Å². The average Bonchev–Trinajstić information content (AvgIpc) is 2.46. The third-order valence-corrected chi connectivity index (χ3v) is 4.16. The number of nitrogens with zero attached hydrogens (tertiary/aromatic N) is 2. The van der Waals surface area contributed by atoms with Crippen LogP contribution in [0, 0.1) is 0 Å². The maximum absolute atomic E-state index is 12.1. The van der Waals surface area contributed by atoms with E-state index in [1.807, 2.05) is 0 Å². The fraction of sp³-hybridized carbons (Fsp3) is 0.308. The molecule has 1 amide bonds. The second-order valence-electron chi connectivity index (χ2n) is 4.29. The van der Waals surface area contributed by atoms with Crippen LogP contribution in [0.4, 0.5) is 0 Å². The standard InChI is InChI=1S/C13H14N2O4S/c16-12(17)4-2-10-1-3-11(14-9-10)13(18)15-5-7-20(19)8-6-15/h1-4,9H,5-8H2,(H,16,17). The summed E-state index contributed by atoms with van der Waals surface area (Å²) in [5.41, 5.74) is 0.925. The molecule has 1 aromatic rings. The van der Waals surface area contributed by atoms with Crippen molar-refractivity contribution in [3.8, 4) is 0 Å². The van der Waals surface area contributed by atoms with Gasteiger partial charge in [-0.3, -0.25) is 14.0 Å². The van der Waals surface area contributed by atoms with Crippen molar-refractivity contribution in [2.75, 3.05) is 24.6 Å². The highest BCUT2D eigenvalue weighted by Gasteiger charge is 2.21. The highest BCUT2D eigenvalue weighted by atomic mass is 32.2. The van der Waals surface area contributed by atoms with Crippen molar-refractivity contribution < 1.29 is 18.9 Å². The Hall–Kier alpha value is -2.02. The number of hydrogen-bond acceptors (Lipinski definition) is 4. The predicted molar refractivity (Wildman–Crippen MR) is 74.7 cm³/mol. The highest BCUT2D eigenvalue weighted by molar-refractivity contribution is 7.85. The minimum absolute atomic E-state index is 0.185. The molecule has 1 aliphatic rings. The molecule has 0 bridgehead atoms. The minimum Gasteiger partial charge on any atom is -0.478 e. The Morgan fingerprint density at radius 3 is 2.55 bits per heavy atom. The highest BCUT2D eigenvalue weighted by Crippen LogP contribution is 2.08. The van der Waals surface area contributed by atoms with Crippen LogP contribution in [0.15, 0.2) is 24.4 Å². The number of aromatic nitrogens is 1. The van der Waals surface area contributed by atoms with Crippen molar-refractivity contribution in [2.24, 2.45) is 0 Å². The van der Waals surface area contributed by atoms with Crippen LogP contribution in [0.2, 0.25) is 0 Å². The fourth-order valence-electron chi connectivity index (χ4n) is 1.80. The van der Waals surface area contributed by atoms with Gasteiger partial charge in [0.05, 0.1) is 0 Å². The SMILES string of the molecule is O=C(O)C=Cc1ccc(C(=O)N2CCS(=O)CC2)nc1. The molecule has 0 radical (unpaired) electrons. The smallest absolute Gasteiger partial charge is 0.328 e. The number of carbonyl (C=O) groups is 2. The van der Waals surface area contributed by atoms with E-state index in [4.69, 9.17) is 5.11 Å². The van der Waals surface area contributed by atoms with Crippen LogP contribution in [0.25, 0.3) is 6.08 Å². The van der Waals surface area contributed by atoms with Gasteiger partial charge in [0.1, 0.15) is 5.69 Å². The van der Waals surface area contributed by atoms with Gasteiger partial charge in [0.15, 0.2) is 0 Å². The van der Waals surface area contributed by atoms with Gasteiger partial charge in [-0.2, -0.15) is 0 Å². The second-order valence-corrected chi connectivity index (χ2v) is 5.98. The number of carboxylic acid groups (broad SMARTS) is 1. The van der Waals surface area contributed by atoms with Crippen molar-refractivity contribution in [3.05, 3.63) is 35.7 Å². The predicted octanol–water partition coefficient (Wildman–Crippen LogP) is 0.384. The number of amides is 1. The summed E-state index contributed by atoms with van der Waals surface area (Å²) in [6.07, 6.45) is 3.88. The lowest BCUT2D eigenvalue weighted by molar-refractivity contribution is -0.131. The van der Waals surface area contributed by atoms with Gasteiger partial charge >= 0.3 is 5.97 Å². The third-order valence-electron chi connectivity index (χ3n) is 2.89. The van der Waals surface area contributed by atoms with Gasteiger partial charge < -0.3 is 10.0 Å². The van der Waals surface area contributed by atoms with E-state index in [0.717, 1.165) is 6.08 Å². The molecule has 0 saturated carbocycles. The second kappa shape index (κ2) is 6.42. The van der Waals surface area contributed by atoms with Crippen molar-refractivity contribution in [3.63, 3.8) is 0 Å². The monoisotopic (exact) mass is 294 g/mol. The molecule has 1 N–H and O–H groups in total. The lowest BCUT2D eigenvalue weighted by Gasteiger charge is -2.25. The molecule has 106 valence electrons. The Kier molecular flexibility index (Phi) is 4.62. The first-order valence-electron chi connectivity index (χ1n) is 6.07. The van der Waals surface area contributed by atoms with Gasteiger partial charge in [0.25, 0.3) is 5.91 Å². The number of carboxylic acids is 1. The summed E-state index contributed by atoms with van der Waals surface area (Å²) < 4.78 is 11.2. The number of rotatable bonds is 3. The maximum Gasteiger partial charge on any atom is 0.328 e. The summed E-state index contributed by atoms with van der Waals surface area (Å²) in [5.74, 6) is -0.210. The Bertz CT molecular complexity index is 558. The molecule has 6 nitrogen and oxygen atoms in total. The molecular weight excluding hydrogens is 280 g/mol. The van der Waals surface area contributed by atoms with Crippen LogP contribution >= 0.6 is 0 Å². The average molecular weight is 294 g/mol. The fourth-order valence-corrected chi connectivity index (χ4v) is 2.85. The van der Waals surface area contributed by atoms with E-state index in [0.29, 0.717) is 35.9 Å². The van der Waals surface area contributed by atoms with Gasteiger partial charge in [0, 0.05) is 47.7 Å². The zero-order valence-corrected chi connectivity index (χ0v) is 11.5. The Balaban J connectivity index is 2.04. The van der Waals surface area contributed by atoms with Crippen molar-refractivity contribution in [1.29, 1.82) is 0 Å². The van der Waals surface area contributed by atoms with Crippen LogP contribution in [0.5, 0.6) is 0 Å². The number of aliphatic carboxylic acids is 1. The molecule has 0 aliphatic carbocycles. The van der Waals surface area contributed by atoms with E-state index >= 15 is 0 Å². The molecule has 1 fully saturated rings. The van der Waals surface area contributed by atoms with Gasteiger partial charge in [-0.25, -0.2) is 4.79 Å². The number of hydrogen-bond donors (Lipinski definition) is 1. The molecule has 1 saturated heterocycles.